The highest BCUT2D eigenvalue weighted by Gasteiger charge is 2.18. The van der Waals surface area contributed by atoms with E-state index in [2.05, 4.69) is 0 Å². The Bertz CT molecular complexity index is 265. The van der Waals surface area contributed by atoms with Gasteiger partial charge < -0.3 is 46.6 Å². The number of hydrogen-bond donors (Lipinski definition) is 4. The summed E-state index contributed by atoms with van der Waals surface area (Å²) in [7, 11) is 0. The molecule has 0 aromatic carbocycles. The first-order valence-corrected chi connectivity index (χ1v) is 9.04. The zero-order valence-electron chi connectivity index (χ0n) is 15.4. The zero-order chi connectivity index (χ0) is 18.6. The predicted molar refractivity (Wildman–Crippen MR) is 97.4 cm³/mol. The molecule has 152 valence electrons. The zero-order valence-corrected chi connectivity index (χ0v) is 15.4. The standard InChI is InChI=1S/C16H38N4O5/c17-3-1-6-21-10-12-23-13-11-22-7-2-15(20)16(25-9-5-19)14-24-8-4-18/h15-16H,1-14,17-20H2. The summed E-state index contributed by atoms with van der Waals surface area (Å²) in [5, 5.41) is 0. The molecule has 0 aliphatic rings. The molecule has 0 radical (unpaired) electrons. The minimum Gasteiger partial charge on any atom is -0.379 e. The maximum Gasteiger partial charge on any atom is 0.0960 e. The lowest BCUT2D eigenvalue weighted by molar-refractivity contribution is -0.0321. The second-order valence-corrected chi connectivity index (χ2v) is 5.49. The molecule has 2 atom stereocenters. The van der Waals surface area contributed by atoms with E-state index in [1.807, 2.05) is 0 Å². The minimum atomic E-state index is -0.208. The van der Waals surface area contributed by atoms with Crippen LogP contribution in [-0.2, 0) is 23.7 Å². The highest BCUT2D eigenvalue weighted by Crippen LogP contribution is 2.03. The molecule has 0 heterocycles. The maximum atomic E-state index is 6.15. The molecule has 0 aliphatic carbocycles. The molecule has 0 rings (SSSR count). The quantitative estimate of drug-likeness (QED) is 0.187. The Morgan fingerprint density at radius 1 is 0.600 bits per heavy atom. The van der Waals surface area contributed by atoms with E-state index in [9.17, 15) is 0 Å². The number of hydrogen-bond acceptors (Lipinski definition) is 9. The SMILES string of the molecule is NCCCOCCOCCOCCC(N)C(COCCN)OCCN. The molecule has 0 amide bonds. The predicted octanol–water partition coefficient (Wildman–Crippen LogP) is -1.58. The first kappa shape index (κ1) is 24.6. The normalized spacial score (nSPS) is 13.9. The van der Waals surface area contributed by atoms with Gasteiger partial charge in [-0.25, -0.2) is 0 Å². The van der Waals surface area contributed by atoms with Crippen molar-refractivity contribution < 1.29 is 23.7 Å². The lowest BCUT2D eigenvalue weighted by Gasteiger charge is -2.24. The summed E-state index contributed by atoms with van der Waals surface area (Å²) in [5.74, 6) is 0. The summed E-state index contributed by atoms with van der Waals surface area (Å²) >= 11 is 0. The second-order valence-electron chi connectivity index (χ2n) is 5.49. The van der Waals surface area contributed by atoms with Gasteiger partial charge in [-0.1, -0.05) is 0 Å². The topological polar surface area (TPSA) is 150 Å². The summed E-state index contributed by atoms with van der Waals surface area (Å²) in [6.45, 7) is 6.31. The molecule has 2 unspecified atom stereocenters. The first-order chi connectivity index (χ1) is 12.3. The molecule has 25 heavy (non-hydrogen) atoms. The second kappa shape index (κ2) is 20.0. The van der Waals surface area contributed by atoms with Crippen LogP contribution in [0.4, 0.5) is 0 Å². The Morgan fingerprint density at radius 3 is 1.80 bits per heavy atom. The van der Waals surface area contributed by atoms with Gasteiger partial charge in [-0.2, -0.15) is 0 Å². The van der Waals surface area contributed by atoms with Crippen molar-refractivity contribution in [3.8, 4) is 0 Å². The van der Waals surface area contributed by atoms with Crippen molar-refractivity contribution in [3.63, 3.8) is 0 Å². The van der Waals surface area contributed by atoms with Gasteiger partial charge in [0.2, 0.25) is 0 Å². The highest BCUT2D eigenvalue weighted by molar-refractivity contribution is 4.73. The third-order valence-corrected chi connectivity index (χ3v) is 3.30. The van der Waals surface area contributed by atoms with Crippen molar-refractivity contribution >= 4 is 0 Å². The molecule has 0 fully saturated rings. The Morgan fingerprint density at radius 2 is 1.20 bits per heavy atom. The Balaban J connectivity index is 3.58. The highest BCUT2D eigenvalue weighted by atomic mass is 16.5. The summed E-state index contributed by atoms with van der Waals surface area (Å²) in [4.78, 5) is 0. The van der Waals surface area contributed by atoms with Crippen molar-refractivity contribution in [1.29, 1.82) is 0 Å². The molecule has 0 spiro atoms. The van der Waals surface area contributed by atoms with Crippen LogP contribution in [0.2, 0.25) is 0 Å². The van der Waals surface area contributed by atoms with E-state index in [1.54, 1.807) is 0 Å². The van der Waals surface area contributed by atoms with Crippen molar-refractivity contribution in [2.75, 3.05) is 79.1 Å². The monoisotopic (exact) mass is 366 g/mol. The van der Waals surface area contributed by atoms with Gasteiger partial charge in [0.1, 0.15) is 0 Å². The molecule has 0 aromatic heterocycles. The Labute approximate surface area is 151 Å². The average Bonchev–Trinajstić information content (AvgIpc) is 2.62. The van der Waals surface area contributed by atoms with Crippen molar-refractivity contribution in [3.05, 3.63) is 0 Å². The molecular formula is C16H38N4O5. The van der Waals surface area contributed by atoms with Crippen molar-refractivity contribution in [1.82, 2.24) is 0 Å². The van der Waals surface area contributed by atoms with Gasteiger partial charge in [-0.05, 0) is 19.4 Å². The van der Waals surface area contributed by atoms with Gasteiger partial charge in [0.25, 0.3) is 0 Å². The fourth-order valence-electron chi connectivity index (χ4n) is 1.93. The van der Waals surface area contributed by atoms with Gasteiger partial charge in [0.15, 0.2) is 0 Å². The van der Waals surface area contributed by atoms with Gasteiger partial charge in [-0.15, -0.1) is 0 Å². The number of nitrogens with two attached hydrogens (primary N) is 4. The molecule has 0 bridgehead atoms. The molecule has 9 nitrogen and oxygen atoms in total. The lowest BCUT2D eigenvalue weighted by Crippen LogP contribution is -2.42. The van der Waals surface area contributed by atoms with Crippen LogP contribution in [0.15, 0.2) is 0 Å². The minimum absolute atomic E-state index is 0.179. The maximum absolute atomic E-state index is 6.15. The van der Waals surface area contributed by atoms with Gasteiger partial charge in [0, 0.05) is 32.3 Å². The average molecular weight is 367 g/mol. The lowest BCUT2D eigenvalue weighted by atomic mass is 10.1. The molecule has 0 aromatic rings. The molecule has 0 saturated carbocycles. The van der Waals surface area contributed by atoms with Crippen LogP contribution in [-0.4, -0.2) is 91.2 Å². The number of ether oxygens (including phenoxy) is 5. The Hall–Kier alpha value is -0.360. The Kier molecular flexibility index (Phi) is 19.7. The van der Waals surface area contributed by atoms with E-state index >= 15 is 0 Å². The van der Waals surface area contributed by atoms with Crippen LogP contribution < -0.4 is 22.9 Å². The summed E-state index contributed by atoms with van der Waals surface area (Å²) in [6.07, 6.45) is 1.33. The summed E-state index contributed by atoms with van der Waals surface area (Å²) in [5.41, 5.74) is 22.4. The van der Waals surface area contributed by atoms with Gasteiger partial charge >= 0.3 is 0 Å². The van der Waals surface area contributed by atoms with Gasteiger partial charge in [-0.3, -0.25) is 0 Å². The van der Waals surface area contributed by atoms with Crippen LogP contribution in [0, 0.1) is 0 Å². The van der Waals surface area contributed by atoms with Crippen LogP contribution in [0.1, 0.15) is 12.8 Å². The third-order valence-electron chi connectivity index (χ3n) is 3.30. The first-order valence-electron chi connectivity index (χ1n) is 9.04. The summed E-state index contributed by atoms with van der Waals surface area (Å²) in [6, 6.07) is -0.179. The fraction of sp³-hybridized carbons (Fsp3) is 1.00. The number of rotatable bonds is 20. The van der Waals surface area contributed by atoms with Crippen LogP contribution >= 0.6 is 0 Å². The van der Waals surface area contributed by atoms with E-state index in [0.717, 1.165) is 6.42 Å². The van der Waals surface area contributed by atoms with Crippen molar-refractivity contribution in [2.45, 2.75) is 25.0 Å². The fourth-order valence-corrected chi connectivity index (χ4v) is 1.93. The molecule has 0 aliphatic heterocycles. The molecular weight excluding hydrogens is 328 g/mol. The van der Waals surface area contributed by atoms with E-state index in [4.69, 9.17) is 46.6 Å². The molecule has 8 N–H and O–H groups in total. The van der Waals surface area contributed by atoms with E-state index in [1.165, 1.54) is 0 Å². The largest absolute Gasteiger partial charge is 0.379 e. The van der Waals surface area contributed by atoms with Crippen LogP contribution in [0.3, 0.4) is 0 Å². The van der Waals surface area contributed by atoms with Crippen LogP contribution in [0.5, 0.6) is 0 Å². The van der Waals surface area contributed by atoms with E-state index in [0.29, 0.717) is 85.5 Å². The van der Waals surface area contributed by atoms with Gasteiger partial charge in [0.05, 0.1) is 52.4 Å². The van der Waals surface area contributed by atoms with E-state index in [-0.39, 0.29) is 12.1 Å². The smallest absolute Gasteiger partial charge is 0.0960 e. The molecule has 9 heteroatoms. The van der Waals surface area contributed by atoms with E-state index < -0.39 is 0 Å². The summed E-state index contributed by atoms with van der Waals surface area (Å²) < 4.78 is 27.3. The third kappa shape index (κ3) is 16.8. The van der Waals surface area contributed by atoms with Crippen molar-refractivity contribution in [2.24, 2.45) is 22.9 Å². The van der Waals surface area contributed by atoms with Crippen LogP contribution in [0.25, 0.3) is 0 Å². The molecule has 0 saturated heterocycles.